The molecule has 3 aromatic rings. The molecule has 0 aromatic heterocycles. The molecule has 0 radical (unpaired) electrons. The number of anilines is 1. The van der Waals surface area contributed by atoms with Gasteiger partial charge in [-0.05, 0) is 29.8 Å². The summed E-state index contributed by atoms with van der Waals surface area (Å²) >= 11 is 0. The zero-order valence-corrected chi connectivity index (χ0v) is 16.3. The smallest absolute Gasteiger partial charge is 0.275 e. The summed E-state index contributed by atoms with van der Waals surface area (Å²) in [6, 6.07) is 25.3. The van der Waals surface area contributed by atoms with Crippen molar-refractivity contribution in [3.63, 3.8) is 0 Å². The zero-order valence-electron chi connectivity index (χ0n) is 16.3. The summed E-state index contributed by atoms with van der Waals surface area (Å²) in [5, 5.41) is 3.29. The predicted octanol–water partition coefficient (Wildman–Crippen LogP) is 4.26. The van der Waals surface area contributed by atoms with Crippen LogP contribution in [0.2, 0.25) is 0 Å². The van der Waals surface area contributed by atoms with Gasteiger partial charge in [0, 0.05) is 23.4 Å². The van der Waals surface area contributed by atoms with Crippen molar-refractivity contribution in [2.24, 2.45) is 4.99 Å². The number of hydrogen-bond donors (Lipinski definition) is 1. The molecule has 1 N–H and O–H groups in total. The number of nitrogens with zero attached hydrogens (tertiary/aromatic N) is 2. The van der Waals surface area contributed by atoms with Crippen LogP contribution in [0.25, 0.3) is 0 Å². The lowest BCUT2D eigenvalue weighted by Crippen LogP contribution is -2.33. The van der Waals surface area contributed by atoms with Gasteiger partial charge in [0.2, 0.25) is 0 Å². The van der Waals surface area contributed by atoms with Gasteiger partial charge < -0.3 is 5.32 Å². The van der Waals surface area contributed by atoms with E-state index in [2.05, 4.69) is 5.32 Å². The summed E-state index contributed by atoms with van der Waals surface area (Å²) in [6.45, 7) is 1.13. The van der Waals surface area contributed by atoms with Crippen LogP contribution < -0.4 is 10.2 Å². The van der Waals surface area contributed by atoms with Gasteiger partial charge in [-0.1, -0.05) is 60.7 Å². The molecule has 0 bridgehead atoms. The maximum Gasteiger partial charge on any atom is 0.275 e. The van der Waals surface area contributed by atoms with E-state index in [1.807, 2.05) is 66.7 Å². The van der Waals surface area contributed by atoms with Crippen LogP contribution in [0, 0.1) is 5.82 Å². The quantitative estimate of drug-likeness (QED) is 0.718. The number of hydrogen-bond acceptors (Lipinski definition) is 3. The topological polar surface area (TPSA) is 44.7 Å². The molecule has 0 aliphatic carbocycles. The molecule has 1 atom stereocenters. The van der Waals surface area contributed by atoms with E-state index < -0.39 is 6.04 Å². The van der Waals surface area contributed by atoms with E-state index in [4.69, 9.17) is 4.99 Å². The third-order valence-electron chi connectivity index (χ3n) is 5.42. The molecule has 5 heteroatoms. The third kappa shape index (κ3) is 3.08. The lowest BCUT2D eigenvalue weighted by molar-refractivity contribution is -0.115. The van der Waals surface area contributed by atoms with Crippen LogP contribution >= 0.6 is 0 Å². The Balaban J connectivity index is 1.74. The van der Waals surface area contributed by atoms with Gasteiger partial charge in [0.15, 0.2) is 0 Å². The summed E-state index contributed by atoms with van der Waals surface area (Å²) in [4.78, 5) is 20.1. The first-order valence-electron chi connectivity index (χ1n) is 9.96. The number of benzene rings is 3. The lowest BCUT2D eigenvalue weighted by atomic mass is 9.91. The van der Waals surface area contributed by atoms with E-state index in [1.165, 1.54) is 12.1 Å². The van der Waals surface area contributed by atoms with Gasteiger partial charge in [-0.25, -0.2) is 4.39 Å². The van der Waals surface area contributed by atoms with Gasteiger partial charge in [0.05, 0.1) is 18.3 Å². The number of aliphatic imine (C=N–C) groups is 1. The summed E-state index contributed by atoms with van der Waals surface area (Å²) in [7, 11) is 0. The number of nitrogens with one attached hydrogen (secondary N) is 1. The standard InChI is InChI=1S/C25H20FN3O/c26-19-11-7-10-18(16-19)24-21-22(17-8-3-1-4-9-17)27-14-15-28-23(21)25(30)29(24)20-12-5-2-6-13-20/h1-13,16,24,28H,14-15H2/t24-/m1/s1. The van der Waals surface area contributed by atoms with Crippen LogP contribution in [0.1, 0.15) is 17.2 Å². The van der Waals surface area contributed by atoms with Crippen LogP contribution in [-0.4, -0.2) is 24.7 Å². The highest BCUT2D eigenvalue weighted by molar-refractivity contribution is 6.23. The Morgan fingerprint density at radius 3 is 2.40 bits per heavy atom. The molecule has 4 nitrogen and oxygen atoms in total. The average molecular weight is 397 g/mol. The van der Waals surface area contributed by atoms with E-state index >= 15 is 0 Å². The number of halogens is 1. The van der Waals surface area contributed by atoms with E-state index in [0.717, 1.165) is 22.5 Å². The van der Waals surface area contributed by atoms with Crippen LogP contribution in [0.15, 0.2) is 101 Å². The maximum absolute atomic E-state index is 14.2. The molecule has 148 valence electrons. The molecule has 0 unspecified atom stereocenters. The van der Waals surface area contributed by atoms with Crippen LogP contribution in [0.3, 0.4) is 0 Å². The van der Waals surface area contributed by atoms with Gasteiger partial charge in [-0.3, -0.25) is 14.7 Å². The van der Waals surface area contributed by atoms with Crippen molar-refractivity contribution in [1.29, 1.82) is 0 Å². The van der Waals surface area contributed by atoms with Crippen LogP contribution in [-0.2, 0) is 4.79 Å². The zero-order chi connectivity index (χ0) is 20.5. The van der Waals surface area contributed by atoms with Crippen molar-refractivity contribution in [3.8, 4) is 0 Å². The van der Waals surface area contributed by atoms with Crippen molar-refractivity contribution in [2.45, 2.75) is 6.04 Å². The fraction of sp³-hybridized carbons (Fsp3) is 0.120. The van der Waals surface area contributed by atoms with Gasteiger partial charge in [0.1, 0.15) is 11.5 Å². The first-order valence-corrected chi connectivity index (χ1v) is 9.96. The Hall–Kier alpha value is -3.73. The largest absolute Gasteiger partial charge is 0.378 e. The highest BCUT2D eigenvalue weighted by Crippen LogP contribution is 2.42. The molecule has 2 aliphatic rings. The van der Waals surface area contributed by atoms with Crippen molar-refractivity contribution >= 4 is 17.3 Å². The van der Waals surface area contributed by atoms with E-state index in [-0.39, 0.29) is 11.7 Å². The number of amides is 1. The molecule has 0 fully saturated rings. The number of para-hydroxylation sites is 1. The van der Waals surface area contributed by atoms with Crippen molar-refractivity contribution in [1.82, 2.24) is 5.32 Å². The van der Waals surface area contributed by atoms with Gasteiger partial charge in [-0.15, -0.1) is 0 Å². The normalized spacial score (nSPS) is 18.6. The minimum atomic E-state index is -0.477. The first kappa shape index (κ1) is 18.3. The highest BCUT2D eigenvalue weighted by atomic mass is 19.1. The Morgan fingerprint density at radius 2 is 1.67 bits per heavy atom. The van der Waals surface area contributed by atoms with Gasteiger partial charge >= 0.3 is 0 Å². The summed E-state index contributed by atoms with van der Waals surface area (Å²) in [6.07, 6.45) is 0. The molecule has 0 saturated carbocycles. The van der Waals surface area contributed by atoms with Crippen molar-refractivity contribution in [2.75, 3.05) is 18.0 Å². The molecule has 30 heavy (non-hydrogen) atoms. The van der Waals surface area contributed by atoms with E-state index in [1.54, 1.807) is 11.0 Å². The summed E-state index contributed by atoms with van der Waals surface area (Å²) in [5.41, 5.74) is 4.52. The van der Waals surface area contributed by atoms with Crippen molar-refractivity contribution < 1.29 is 9.18 Å². The SMILES string of the molecule is O=C1C2=C(C(c3ccccc3)=NCCN2)[C@@H](c2cccc(F)c2)N1c1ccccc1. The average Bonchev–Trinajstić information content (AvgIpc) is 2.93. The fourth-order valence-electron chi connectivity index (χ4n) is 4.16. The Labute approximate surface area is 174 Å². The van der Waals surface area contributed by atoms with Crippen molar-refractivity contribution in [3.05, 3.63) is 113 Å². The second kappa shape index (κ2) is 7.59. The minimum absolute atomic E-state index is 0.129. The monoisotopic (exact) mass is 397 g/mol. The number of carbonyl (C=O) groups excluding carboxylic acids is 1. The van der Waals surface area contributed by atoms with E-state index in [0.29, 0.717) is 24.4 Å². The summed E-state index contributed by atoms with van der Waals surface area (Å²) in [5.74, 6) is -0.460. The molecule has 3 aromatic carbocycles. The number of carbonyl (C=O) groups is 1. The molecule has 2 aliphatic heterocycles. The second-order valence-corrected chi connectivity index (χ2v) is 7.28. The molecule has 0 saturated heterocycles. The Kier molecular flexibility index (Phi) is 4.64. The minimum Gasteiger partial charge on any atom is -0.378 e. The fourth-order valence-corrected chi connectivity index (χ4v) is 4.16. The van der Waals surface area contributed by atoms with Gasteiger partial charge in [-0.2, -0.15) is 0 Å². The molecule has 1 amide bonds. The molecule has 5 rings (SSSR count). The third-order valence-corrected chi connectivity index (χ3v) is 5.42. The number of rotatable bonds is 3. The lowest BCUT2D eigenvalue weighted by Gasteiger charge is -2.28. The highest BCUT2D eigenvalue weighted by Gasteiger charge is 2.43. The second-order valence-electron chi connectivity index (χ2n) is 7.28. The molecular formula is C25H20FN3O. The first-order chi connectivity index (χ1) is 14.7. The van der Waals surface area contributed by atoms with Crippen LogP contribution in [0.4, 0.5) is 10.1 Å². The Morgan fingerprint density at radius 1 is 0.933 bits per heavy atom. The molecular weight excluding hydrogens is 377 g/mol. The van der Waals surface area contributed by atoms with Crippen LogP contribution in [0.5, 0.6) is 0 Å². The Bertz CT molecular complexity index is 1160. The predicted molar refractivity (Wildman–Crippen MR) is 116 cm³/mol. The summed E-state index contributed by atoms with van der Waals surface area (Å²) < 4.78 is 14.2. The molecule has 2 heterocycles. The van der Waals surface area contributed by atoms with E-state index in [9.17, 15) is 9.18 Å². The molecule has 0 spiro atoms. The van der Waals surface area contributed by atoms with Gasteiger partial charge in [0.25, 0.3) is 5.91 Å². The maximum atomic E-state index is 14.2.